The van der Waals surface area contributed by atoms with Crippen LogP contribution in [0.3, 0.4) is 0 Å². The van der Waals surface area contributed by atoms with Crippen LogP contribution >= 0.6 is 0 Å². The number of allylic oxidation sites excluding steroid dienone is 1. The Balaban J connectivity index is 2.19. The molecule has 0 aromatic carbocycles. The summed E-state index contributed by atoms with van der Waals surface area (Å²) in [5.74, 6) is 0.425. The highest BCUT2D eigenvalue weighted by molar-refractivity contribution is 5.82. The third-order valence-electron chi connectivity index (χ3n) is 2.59. The summed E-state index contributed by atoms with van der Waals surface area (Å²) in [6.45, 7) is 4.42. The first-order chi connectivity index (χ1) is 6.68. The van der Waals surface area contributed by atoms with Gasteiger partial charge in [0.2, 0.25) is 0 Å². The van der Waals surface area contributed by atoms with E-state index in [2.05, 4.69) is 0 Å². The summed E-state index contributed by atoms with van der Waals surface area (Å²) < 4.78 is 5.18. The van der Waals surface area contributed by atoms with Crippen molar-refractivity contribution >= 4 is 5.97 Å². The molecular formula is C12H20O2. The van der Waals surface area contributed by atoms with E-state index in [-0.39, 0.29) is 5.97 Å². The Labute approximate surface area is 86.3 Å². The lowest BCUT2D eigenvalue weighted by Gasteiger charge is -2.20. The molecule has 0 unspecified atom stereocenters. The van der Waals surface area contributed by atoms with Crippen LogP contribution in [-0.2, 0) is 9.53 Å². The van der Waals surface area contributed by atoms with Gasteiger partial charge in [-0.15, -0.1) is 0 Å². The van der Waals surface area contributed by atoms with Crippen molar-refractivity contribution in [3.63, 3.8) is 0 Å². The van der Waals surface area contributed by atoms with E-state index < -0.39 is 0 Å². The van der Waals surface area contributed by atoms with Gasteiger partial charge in [-0.2, -0.15) is 0 Å². The largest absolute Gasteiger partial charge is 0.462 e. The molecule has 1 aliphatic carbocycles. The third-order valence-corrected chi connectivity index (χ3v) is 2.59. The molecule has 2 nitrogen and oxygen atoms in total. The van der Waals surface area contributed by atoms with Crippen molar-refractivity contribution in [2.75, 3.05) is 6.61 Å². The number of ether oxygens (including phenoxy) is 1. The topological polar surface area (TPSA) is 26.3 Å². The van der Waals surface area contributed by atoms with Crippen LogP contribution in [0.5, 0.6) is 0 Å². The molecule has 0 N–H and O–H groups in total. The Morgan fingerprint density at radius 3 is 2.50 bits per heavy atom. The number of hydrogen-bond donors (Lipinski definition) is 0. The van der Waals surface area contributed by atoms with Gasteiger partial charge in [-0.25, -0.2) is 4.79 Å². The molecule has 0 aliphatic heterocycles. The minimum absolute atomic E-state index is 0.185. The Kier molecular flexibility index (Phi) is 4.71. The van der Waals surface area contributed by atoms with Gasteiger partial charge in [0.05, 0.1) is 6.61 Å². The molecule has 2 heteroatoms. The average molecular weight is 196 g/mol. The molecule has 0 amide bonds. The van der Waals surface area contributed by atoms with Crippen molar-refractivity contribution in [1.82, 2.24) is 0 Å². The maximum absolute atomic E-state index is 11.2. The van der Waals surface area contributed by atoms with Crippen LogP contribution in [0, 0.1) is 5.92 Å². The lowest BCUT2D eigenvalue weighted by molar-refractivity contribution is -0.139. The van der Waals surface area contributed by atoms with Crippen molar-refractivity contribution in [3.05, 3.63) is 11.6 Å². The van der Waals surface area contributed by atoms with Gasteiger partial charge in [-0.05, 0) is 32.6 Å². The highest BCUT2D eigenvalue weighted by Crippen LogP contribution is 2.23. The van der Waals surface area contributed by atoms with Crippen LogP contribution in [0.4, 0.5) is 0 Å². The van der Waals surface area contributed by atoms with Crippen molar-refractivity contribution in [3.8, 4) is 0 Å². The minimum atomic E-state index is -0.185. The molecule has 1 saturated carbocycles. The first-order valence-corrected chi connectivity index (χ1v) is 5.50. The number of esters is 1. The average Bonchev–Trinajstić information content (AvgIpc) is 2.15. The molecule has 0 atom stereocenters. The van der Waals surface area contributed by atoms with Gasteiger partial charge in [0.25, 0.3) is 0 Å². The van der Waals surface area contributed by atoms with E-state index in [1.807, 2.05) is 13.8 Å². The quantitative estimate of drug-likeness (QED) is 0.512. The molecule has 0 bridgehead atoms. The SMILES string of the molecule is CC(C)=CC(=O)OCC1CCCCC1. The van der Waals surface area contributed by atoms with Crippen LogP contribution < -0.4 is 0 Å². The minimum Gasteiger partial charge on any atom is -0.462 e. The first-order valence-electron chi connectivity index (χ1n) is 5.50. The van der Waals surface area contributed by atoms with Crippen LogP contribution in [0.2, 0.25) is 0 Å². The molecule has 14 heavy (non-hydrogen) atoms. The summed E-state index contributed by atoms with van der Waals surface area (Å²) in [5.41, 5.74) is 0.999. The van der Waals surface area contributed by atoms with Gasteiger partial charge in [-0.1, -0.05) is 24.8 Å². The second-order valence-corrected chi connectivity index (χ2v) is 4.36. The van der Waals surface area contributed by atoms with E-state index in [0.29, 0.717) is 12.5 Å². The van der Waals surface area contributed by atoms with E-state index >= 15 is 0 Å². The highest BCUT2D eigenvalue weighted by atomic mass is 16.5. The maximum Gasteiger partial charge on any atom is 0.330 e. The van der Waals surface area contributed by atoms with Crippen LogP contribution in [0.15, 0.2) is 11.6 Å². The molecule has 1 rings (SSSR count). The van der Waals surface area contributed by atoms with Gasteiger partial charge >= 0.3 is 5.97 Å². The predicted molar refractivity (Wildman–Crippen MR) is 57.0 cm³/mol. The summed E-state index contributed by atoms with van der Waals surface area (Å²) in [4.78, 5) is 11.2. The standard InChI is InChI=1S/C12H20O2/c1-10(2)8-12(13)14-9-11-6-4-3-5-7-11/h8,11H,3-7,9H2,1-2H3. The molecule has 0 radical (unpaired) electrons. The monoisotopic (exact) mass is 196 g/mol. The summed E-state index contributed by atoms with van der Waals surface area (Å²) in [6, 6.07) is 0. The van der Waals surface area contributed by atoms with E-state index in [0.717, 1.165) is 5.57 Å². The van der Waals surface area contributed by atoms with Gasteiger partial charge in [0.1, 0.15) is 0 Å². The Morgan fingerprint density at radius 2 is 1.93 bits per heavy atom. The van der Waals surface area contributed by atoms with Crippen molar-refractivity contribution in [2.24, 2.45) is 5.92 Å². The van der Waals surface area contributed by atoms with E-state index in [9.17, 15) is 4.79 Å². The van der Waals surface area contributed by atoms with Gasteiger partial charge < -0.3 is 4.74 Å². The zero-order chi connectivity index (χ0) is 10.4. The lowest BCUT2D eigenvalue weighted by atomic mass is 9.90. The third kappa shape index (κ3) is 4.45. The van der Waals surface area contributed by atoms with E-state index in [4.69, 9.17) is 4.74 Å². The highest BCUT2D eigenvalue weighted by Gasteiger charge is 2.14. The fourth-order valence-electron chi connectivity index (χ4n) is 1.83. The second-order valence-electron chi connectivity index (χ2n) is 4.36. The smallest absolute Gasteiger partial charge is 0.330 e. The molecule has 0 aromatic rings. The summed E-state index contributed by atoms with van der Waals surface area (Å²) in [6.07, 6.45) is 7.95. The van der Waals surface area contributed by atoms with Gasteiger partial charge in [0.15, 0.2) is 0 Å². The zero-order valence-corrected chi connectivity index (χ0v) is 9.21. The van der Waals surface area contributed by atoms with Crippen molar-refractivity contribution in [1.29, 1.82) is 0 Å². The summed E-state index contributed by atoms with van der Waals surface area (Å²) in [7, 11) is 0. The van der Waals surface area contributed by atoms with Gasteiger partial charge in [0, 0.05) is 6.08 Å². The second kappa shape index (κ2) is 5.84. The molecule has 0 saturated heterocycles. The fourth-order valence-corrected chi connectivity index (χ4v) is 1.83. The number of hydrogen-bond acceptors (Lipinski definition) is 2. The lowest BCUT2D eigenvalue weighted by Crippen LogP contribution is -2.15. The summed E-state index contributed by atoms with van der Waals surface area (Å²) >= 11 is 0. The number of carbonyl (C=O) groups excluding carboxylic acids is 1. The van der Waals surface area contributed by atoms with Crippen molar-refractivity contribution < 1.29 is 9.53 Å². The number of carbonyl (C=O) groups is 1. The normalized spacial score (nSPS) is 17.6. The molecule has 0 spiro atoms. The Hall–Kier alpha value is -0.790. The van der Waals surface area contributed by atoms with E-state index in [1.165, 1.54) is 32.1 Å². The molecule has 80 valence electrons. The van der Waals surface area contributed by atoms with E-state index in [1.54, 1.807) is 6.08 Å². The van der Waals surface area contributed by atoms with Crippen LogP contribution in [0.1, 0.15) is 46.0 Å². The zero-order valence-electron chi connectivity index (χ0n) is 9.21. The fraction of sp³-hybridized carbons (Fsp3) is 0.750. The summed E-state index contributed by atoms with van der Waals surface area (Å²) in [5, 5.41) is 0. The Morgan fingerprint density at radius 1 is 1.29 bits per heavy atom. The molecule has 1 fully saturated rings. The van der Waals surface area contributed by atoms with Crippen LogP contribution in [-0.4, -0.2) is 12.6 Å². The maximum atomic E-state index is 11.2. The van der Waals surface area contributed by atoms with Crippen molar-refractivity contribution in [2.45, 2.75) is 46.0 Å². The molecule has 0 heterocycles. The Bertz CT molecular complexity index is 208. The predicted octanol–water partition coefficient (Wildman–Crippen LogP) is 3.08. The molecule has 0 aromatic heterocycles. The number of rotatable bonds is 3. The van der Waals surface area contributed by atoms with Crippen LogP contribution in [0.25, 0.3) is 0 Å². The van der Waals surface area contributed by atoms with Gasteiger partial charge in [-0.3, -0.25) is 0 Å². The first kappa shape index (κ1) is 11.3. The molecular weight excluding hydrogens is 176 g/mol. The molecule has 1 aliphatic rings.